The number of carbonyl (C=O) groups is 2. The van der Waals surface area contributed by atoms with Gasteiger partial charge in [-0.3, -0.25) is 9.59 Å². The Morgan fingerprint density at radius 1 is 0.420 bits per heavy atom. The molecule has 0 bridgehead atoms. The van der Waals surface area contributed by atoms with Crippen LogP contribution in [0.25, 0.3) is 0 Å². The van der Waals surface area contributed by atoms with E-state index in [1.807, 2.05) is 24.3 Å². The number of rotatable bonds is 53. The van der Waals surface area contributed by atoms with E-state index in [2.05, 4.69) is 74.7 Å². The van der Waals surface area contributed by atoms with E-state index >= 15 is 0 Å². The van der Waals surface area contributed by atoms with Crippen LogP contribution in [0.4, 0.5) is 0 Å². The predicted octanol–water partition coefficient (Wildman–Crippen LogP) is 18.5. The van der Waals surface area contributed by atoms with Crippen LogP contribution in [-0.2, 0) is 14.3 Å². The zero-order valence-corrected chi connectivity index (χ0v) is 45.7. The molecule has 69 heavy (non-hydrogen) atoms. The number of hydrogen-bond donors (Lipinski definition) is 3. The molecule has 0 aliphatic rings. The Kier molecular flexibility index (Phi) is 54.0. The smallest absolute Gasteiger partial charge is 0.306 e. The Labute approximate surface area is 428 Å². The van der Waals surface area contributed by atoms with Gasteiger partial charge in [0.05, 0.1) is 25.2 Å². The summed E-state index contributed by atoms with van der Waals surface area (Å²) in [5.41, 5.74) is 0. The normalized spacial score (nSPS) is 13.6. The molecule has 0 saturated heterocycles. The minimum Gasteiger partial charge on any atom is -0.462 e. The van der Waals surface area contributed by atoms with Gasteiger partial charge >= 0.3 is 5.97 Å². The van der Waals surface area contributed by atoms with Crippen molar-refractivity contribution in [3.8, 4) is 0 Å². The number of aliphatic hydroxyl groups is 2. The van der Waals surface area contributed by atoms with Crippen molar-refractivity contribution < 1.29 is 24.5 Å². The monoisotopic (exact) mass is 964 g/mol. The van der Waals surface area contributed by atoms with Crippen LogP contribution in [0.5, 0.6) is 0 Å². The maximum absolute atomic E-state index is 13.3. The van der Waals surface area contributed by atoms with E-state index in [0.717, 1.165) is 83.5 Å². The van der Waals surface area contributed by atoms with Crippen LogP contribution in [-0.4, -0.2) is 46.9 Å². The third-order valence-electron chi connectivity index (χ3n) is 13.4. The molecular weight excluding hydrogens is 851 g/mol. The number of unbranched alkanes of at least 4 members (excludes halogenated alkanes) is 33. The largest absolute Gasteiger partial charge is 0.462 e. The molecule has 0 heterocycles. The van der Waals surface area contributed by atoms with E-state index in [9.17, 15) is 19.8 Å². The summed E-state index contributed by atoms with van der Waals surface area (Å²) >= 11 is 0. The number of nitrogens with one attached hydrogen (secondary N) is 1. The van der Waals surface area contributed by atoms with Gasteiger partial charge in [-0.1, -0.05) is 280 Å². The molecule has 3 unspecified atom stereocenters. The predicted molar refractivity (Wildman–Crippen MR) is 301 cm³/mol. The van der Waals surface area contributed by atoms with Crippen LogP contribution >= 0.6 is 0 Å². The number of amides is 1. The number of esters is 1. The summed E-state index contributed by atoms with van der Waals surface area (Å²) in [7, 11) is 0. The van der Waals surface area contributed by atoms with Crippen molar-refractivity contribution >= 4 is 11.9 Å². The van der Waals surface area contributed by atoms with Crippen molar-refractivity contribution in [3.05, 3.63) is 72.9 Å². The van der Waals surface area contributed by atoms with E-state index in [1.54, 1.807) is 0 Å². The van der Waals surface area contributed by atoms with Gasteiger partial charge in [0.2, 0.25) is 5.91 Å². The summed E-state index contributed by atoms with van der Waals surface area (Å²) in [6.07, 6.45) is 72.4. The number of carbonyl (C=O) groups excluding carboxylic acids is 2. The lowest BCUT2D eigenvalue weighted by Crippen LogP contribution is -2.46. The highest BCUT2D eigenvalue weighted by molar-refractivity contribution is 5.77. The molecule has 3 atom stereocenters. The lowest BCUT2D eigenvalue weighted by atomic mass is 10.0. The highest BCUT2D eigenvalue weighted by Gasteiger charge is 2.24. The van der Waals surface area contributed by atoms with Gasteiger partial charge in [0.15, 0.2) is 0 Å². The molecule has 0 aromatic rings. The van der Waals surface area contributed by atoms with Crippen LogP contribution in [0.1, 0.15) is 290 Å². The topological polar surface area (TPSA) is 95.9 Å². The molecule has 0 aromatic heterocycles. The fourth-order valence-corrected chi connectivity index (χ4v) is 8.87. The van der Waals surface area contributed by atoms with Crippen LogP contribution in [0.15, 0.2) is 72.9 Å². The number of allylic oxidation sites excluding steroid dienone is 12. The second-order valence-corrected chi connectivity index (χ2v) is 20.2. The summed E-state index contributed by atoms with van der Waals surface area (Å²) in [4.78, 5) is 26.3. The van der Waals surface area contributed by atoms with Crippen LogP contribution < -0.4 is 5.32 Å². The minimum absolute atomic E-state index is 0.0626. The molecule has 1 amide bonds. The maximum Gasteiger partial charge on any atom is 0.306 e. The first-order valence-corrected chi connectivity index (χ1v) is 29.7. The second-order valence-electron chi connectivity index (χ2n) is 20.2. The van der Waals surface area contributed by atoms with Crippen LogP contribution in [0.2, 0.25) is 0 Å². The molecule has 0 radical (unpaired) electrons. The van der Waals surface area contributed by atoms with Crippen molar-refractivity contribution in [1.29, 1.82) is 0 Å². The van der Waals surface area contributed by atoms with Crippen molar-refractivity contribution in [1.82, 2.24) is 5.32 Å². The maximum atomic E-state index is 13.3. The quantitative estimate of drug-likeness (QED) is 0.0244. The Balaban J connectivity index is 4.62. The third kappa shape index (κ3) is 51.5. The molecular formula is C63H113NO5. The number of hydrogen-bond acceptors (Lipinski definition) is 5. The summed E-state index contributed by atoms with van der Waals surface area (Å²) < 4.78 is 5.96. The summed E-state index contributed by atoms with van der Waals surface area (Å²) in [6.45, 7) is 6.41. The van der Waals surface area contributed by atoms with Crippen molar-refractivity contribution in [2.45, 2.75) is 309 Å². The molecule has 0 spiro atoms. The Bertz CT molecular complexity index is 1270. The fraction of sp³-hybridized carbons (Fsp3) is 0.778. The summed E-state index contributed by atoms with van der Waals surface area (Å²) in [5, 5.41) is 23.9. The van der Waals surface area contributed by atoms with Gasteiger partial charge < -0.3 is 20.3 Å². The van der Waals surface area contributed by atoms with Gasteiger partial charge in [-0.25, -0.2) is 0 Å². The number of aliphatic hydroxyl groups excluding tert-OH is 2. The molecule has 0 aliphatic carbocycles. The first-order chi connectivity index (χ1) is 34.0. The Hall–Kier alpha value is -2.70. The highest BCUT2D eigenvalue weighted by Crippen LogP contribution is 2.18. The van der Waals surface area contributed by atoms with E-state index in [1.165, 1.54) is 161 Å². The van der Waals surface area contributed by atoms with E-state index in [-0.39, 0.29) is 24.9 Å². The van der Waals surface area contributed by atoms with Gasteiger partial charge in [-0.15, -0.1) is 0 Å². The second kappa shape index (κ2) is 56.2. The van der Waals surface area contributed by atoms with Crippen molar-refractivity contribution in [3.63, 3.8) is 0 Å². The molecule has 6 heteroatoms. The van der Waals surface area contributed by atoms with E-state index < -0.39 is 18.2 Å². The van der Waals surface area contributed by atoms with Gasteiger partial charge in [0, 0.05) is 6.42 Å². The van der Waals surface area contributed by atoms with Crippen molar-refractivity contribution in [2.24, 2.45) is 0 Å². The highest BCUT2D eigenvalue weighted by atomic mass is 16.5. The molecule has 6 nitrogen and oxygen atoms in total. The molecule has 0 aromatic carbocycles. The van der Waals surface area contributed by atoms with E-state index in [0.29, 0.717) is 19.3 Å². The molecule has 0 rings (SSSR count). The van der Waals surface area contributed by atoms with Gasteiger partial charge in [-0.05, 0) is 70.6 Å². The summed E-state index contributed by atoms with van der Waals surface area (Å²) in [5.74, 6) is -0.500. The van der Waals surface area contributed by atoms with Crippen molar-refractivity contribution in [2.75, 3.05) is 6.61 Å². The molecule has 0 fully saturated rings. The minimum atomic E-state index is -0.797. The Morgan fingerprint density at radius 2 is 0.783 bits per heavy atom. The molecule has 0 saturated carbocycles. The van der Waals surface area contributed by atoms with Gasteiger partial charge in [0.1, 0.15) is 6.10 Å². The van der Waals surface area contributed by atoms with Gasteiger partial charge in [0.25, 0.3) is 0 Å². The van der Waals surface area contributed by atoms with Crippen LogP contribution in [0, 0.1) is 0 Å². The average molecular weight is 965 g/mol. The van der Waals surface area contributed by atoms with Crippen LogP contribution in [0.3, 0.4) is 0 Å². The average Bonchev–Trinajstić information content (AvgIpc) is 3.34. The summed E-state index contributed by atoms with van der Waals surface area (Å²) in [6, 6.07) is -0.712. The molecule has 400 valence electrons. The van der Waals surface area contributed by atoms with E-state index in [4.69, 9.17) is 4.74 Å². The lowest BCUT2D eigenvalue weighted by Gasteiger charge is -2.24. The molecule has 0 aliphatic heterocycles. The zero-order valence-electron chi connectivity index (χ0n) is 45.7. The number of ether oxygens (including phenoxy) is 1. The SMILES string of the molecule is CCC/C=C/C=C/C=C/C=C/C=C/CCCCCCCC(=O)OC(CCCCCCCCC/C=C/CCCCCCCC)CC(=O)NC(CO)C(O)CCCCCCCCCCCCCCCCC. The molecule has 3 N–H and O–H groups in total. The fourth-order valence-electron chi connectivity index (χ4n) is 8.87. The Morgan fingerprint density at radius 3 is 1.22 bits per heavy atom. The lowest BCUT2D eigenvalue weighted by molar-refractivity contribution is -0.151. The zero-order chi connectivity index (χ0) is 50.2. The first-order valence-electron chi connectivity index (χ1n) is 29.7. The standard InChI is InChI=1S/C63H113NO5/c1-4-7-10-13-16-19-22-25-28-30-32-35-38-41-44-47-50-53-56-63(68)69-59(54-51-48-45-42-39-36-34-31-29-26-23-20-17-14-11-8-5-2)57-62(67)64-60(58-65)61(66)55-52-49-46-43-40-37-33-27-24-21-18-15-12-9-6-3/h10,13,16,19,22,25-26,28-30,32,35,59-61,65-66H,4-9,11-12,14-15,17-18,20-21,23-24,27,31,33-34,36-58H2,1-3H3,(H,64,67)/b13-10+,19-16+,25-22+,29-26+,30-28+,35-32+. The van der Waals surface area contributed by atoms with Gasteiger partial charge in [-0.2, -0.15) is 0 Å². The first kappa shape index (κ1) is 66.3. The third-order valence-corrected chi connectivity index (χ3v) is 13.4.